The Bertz CT molecular complexity index is 541. The summed E-state index contributed by atoms with van der Waals surface area (Å²) in [6.07, 6.45) is 8.78. The maximum absolute atomic E-state index is 11.7. The second-order valence-electron chi connectivity index (χ2n) is 4.22. The number of carboxylic acid groups (broad SMARTS) is 1. The van der Waals surface area contributed by atoms with Gasteiger partial charge in [-0.2, -0.15) is 0 Å². The van der Waals surface area contributed by atoms with Gasteiger partial charge in [0, 0.05) is 18.6 Å². The van der Waals surface area contributed by atoms with Crippen molar-refractivity contribution in [1.82, 2.24) is 0 Å². The van der Waals surface area contributed by atoms with E-state index in [9.17, 15) is 9.59 Å². The van der Waals surface area contributed by atoms with Gasteiger partial charge in [0.25, 0.3) is 0 Å². The van der Waals surface area contributed by atoms with E-state index < -0.39 is 18.0 Å². The number of carbonyl (C=O) groups excluding carboxylic acids is 1. The molecule has 0 fully saturated rings. The maximum Gasteiger partial charge on any atom is 0.331 e. The number of ether oxygens (including phenoxy) is 1. The van der Waals surface area contributed by atoms with Crippen molar-refractivity contribution >= 4 is 18.0 Å². The molecule has 0 heterocycles. The quantitative estimate of drug-likeness (QED) is 0.475. The third kappa shape index (κ3) is 7.52. The van der Waals surface area contributed by atoms with Crippen LogP contribution in [-0.4, -0.2) is 23.1 Å². The van der Waals surface area contributed by atoms with Gasteiger partial charge in [0.1, 0.15) is 6.10 Å². The minimum Gasteiger partial charge on any atom is -0.478 e. The lowest BCUT2D eigenvalue weighted by Gasteiger charge is -2.10. The molecule has 0 aliphatic carbocycles. The van der Waals surface area contributed by atoms with Crippen LogP contribution in [0.3, 0.4) is 0 Å². The molecule has 21 heavy (non-hydrogen) atoms. The van der Waals surface area contributed by atoms with E-state index in [1.54, 1.807) is 6.08 Å². The van der Waals surface area contributed by atoms with Crippen molar-refractivity contribution in [3.63, 3.8) is 0 Å². The third-order valence-electron chi connectivity index (χ3n) is 2.54. The highest BCUT2D eigenvalue weighted by molar-refractivity contribution is 5.87. The summed E-state index contributed by atoms with van der Waals surface area (Å²) in [5.74, 6) is -1.58. The van der Waals surface area contributed by atoms with E-state index in [-0.39, 0.29) is 0 Å². The Balaban J connectivity index is 2.62. The molecular formula is C17H18O4. The van der Waals surface area contributed by atoms with Gasteiger partial charge in [-0.15, -0.1) is 0 Å². The first kappa shape index (κ1) is 16.4. The van der Waals surface area contributed by atoms with Crippen LogP contribution in [0.4, 0.5) is 0 Å². The van der Waals surface area contributed by atoms with Crippen molar-refractivity contribution in [2.45, 2.75) is 19.4 Å². The summed E-state index contributed by atoms with van der Waals surface area (Å²) in [6, 6.07) is 9.36. The SMILES string of the molecule is CC=CCC(C=CC(=O)O)OC(=O)C=Cc1ccccc1. The third-order valence-corrected chi connectivity index (χ3v) is 2.54. The van der Waals surface area contributed by atoms with Crippen molar-refractivity contribution in [3.05, 3.63) is 66.3 Å². The second kappa shape index (κ2) is 9.31. The van der Waals surface area contributed by atoms with Gasteiger partial charge in [0.15, 0.2) is 0 Å². The molecule has 0 saturated heterocycles. The number of benzene rings is 1. The molecule has 0 bridgehead atoms. The van der Waals surface area contributed by atoms with Gasteiger partial charge in [-0.25, -0.2) is 9.59 Å². The molecule has 4 nitrogen and oxygen atoms in total. The molecule has 1 unspecified atom stereocenters. The highest BCUT2D eigenvalue weighted by atomic mass is 16.5. The number of carbonyl (C=O) groups is 2. The molecule has 0 radical (unpaired) electrons. The first-order valence-corrected chi connectivity index (χ1v) is 6.58. The molecule has 1 aromatic carbocycles. The molecule has 1 N–H and O–H groups in total. The molecule has 0 saturated carbocycles. The highest BCUT2D eigenvalue weighted by Gasteiger charge is 2.08. The van der Waals surface area contributed by atoms with E-state index in [0.717, 1.165) is 11.6 Å². The molecule has 0 aliphatic heterocycles. The van der Waals surface area contributed by atoms with E-state index in [4.69, 9.17) is 9.84 Å². The summed E-state index contributed by atoms with van der Waals surface area (Å²) in [4.78, 5) is 22.2. The smallest absolute Gasteiger partial charge is 0.331 e. The minimum atomic E-state index is -1.07. The van der Waals surface area contributed by atoms with Crippen LogP contribution in [0.15, 0.2) is 60.7 Å². The maximum atomic E-state index is 11.7. The molecule has 0 spiro atoms. The van der Waals surface area contributed by atoms with Crippen LogP contribution < -0.4 is 0 Å². The minimum absolute atomic E-state index is 0.436. The van der Waals surface area contributed by atoms with Gasteiger partial charge >= 0.3 is 11.9 Å². The van der Waals surface area contributed by atoms with E-state index in [2.05, 4.69) is 0 Å². The number of hydrogen-bond donors (Lipinski definition) is 1. The van der Waals surface area contributed by atoms with Gasteiger partial charge in [-0.05, 0) is 24.6 Å². The molecular weight excluding hydrogens is 268 g/mol. The van der Waals surface area contributed by atoms with Gasteiger partial charge in [0.2, 0.25) is 0 Å². The summed E-state index contributed by atoms with van der Waals surface area (Å²) >= 11 is 0. The van der Waals surface area contributed by atoms with Crippen LogP contribution in [0.5, 0.6) is 0 Å². The van der Waals surface area contributed by atoms with Crippen molar-refractivity contribution in [2.24, 2.45) is 0 Å². The van der Waals surface area contributed by atoms with Crippen molar-refractivity contribution in [1.29, 1.82) is 0 Å². The topological polar surface area (TPSA) is 63.6 Å². The Kier molecular flexibility index (Phi) is 7.29. The average Bonchev–Trinajstić information content (AvgIpc) is 2.49. The molecule has 0 aliphatic rings. The molecule has 1 aromatic rings. The number of hydrogen-bond acceptors (Lipinski definition) is 3. The Morgan fingerprint density at radius 1 is 1.24 bits per heavy atom. The Hall–Kier alpha value is -2.62. The lowest BCUT2D eigenvalue weighted by atomic mass is 10.2. The van der Waals surface area contributed by atoms with Gasteiger partial charge < -0.3 is 9.84 Å². The normalized spacial score (nSPS) is 13.0. The zero-order valence-corrected chi connectivity index (χ0v) is 11.8. The van der Waals surface area contributed by atoms with Crippen LogP contribution in [0.25, 0.3) is 6.08 Å². The summed E-state index contributed by atoms with van der Waals surface area (Å²) in [5.41, 5.74) is 0.889. The lowest BCUT2D eigenvalue weighted by Crippen LogP contribution is -2.14. The average molecular weight is 286 g/mol. The van der Waals surface area contributed by atoms with E-state index in [0.29, 0.717) is 6.42 Å². The summed E-state index contributed by atoms with van der Waals surface area (Å²) < 4.78 is 5.20. The number of esters is 1. The van der Waals surface area contributed by atoms with Crippen LogP contribution in [0.1, 0.15) is 18.9 Å². The summed E-state index contributed by atoms with van der Waals surface area (Å²) in [5, 5.41) is 8.61. The van der Waals surface area contributed by atoms with E-state index >= 15 is 0 Å². The zero-order chi connectivity index (χ0) is 15.5. The molecule has 1 rings (SSSR count). The van der Waals surface area contributed by atoms with Gasteiger partial charge in [-0.3, -0.25) is 0 Å². The second-order valence-corrected chi connectivity index (χ2v) is 4.22. The number of allylic oxidation sites excluding steroid dienone is 1. The van der Waals surface area contributed by atoms with E-state index in [1.165, 1.54) is 12.2 Å². The lowest BCUT2D eigenvalue weighted by molar-refractivity contribution is -0.141. The van der Waals surface area contributed by atoms with Crippen molar-refractivity contribution in [3.8, 4) is 0 Å². The number of rotatable bonds is 7. The molecule has 4 heteroatoms. The first-order valence-electron chi connectivity index (χ1n) is 6.58. The van der Waals surface area contributed by atoms with E-state index in [1.807, 2.05) is 49.4 Å². The predicted octanol–water partition coefficient (Wildman–Crippen LogP) is 3.22. The fourth-order valence-corrected chi connectivity index (χ4v) is 1.54. The van der Waals surface area contributed by atoms with Crippen LogP contribution >= 0.6 is 0 Å². The predicted molar refractivity (Wildman–Crippen MR) is 81.6 cm³/mol. The molecule has 0 aromatic heterocycles. The fraction of sp³-hybridized carbons (Fsp3) is 0.176. The molecule has 0 amide bonds. The van der Waals surface area contributed by atoms with Crippen molar-refractivity contribution in [2.75, 3.05) is 0 Å². The summed E-state index contributed by atoms with van der Waals surface area (Å²) in [7, 11) is 0. The zero-order valence-electron chi connectivity index (χ0n) is 11.8. The monoisotopic (exact) mass is 286 g/mol. The van der Waals surface area contributed by atoms with Crippen molar-refractivity contribution < 1.29 is 19.4 Å². The van der Waals surface area contributed by atoms with Crippen LogP contribution in [0.2, 0.25) is 0 Å². The Morgan fingerprint density at radius 2 is 1.95 bits per heavy atom. The Morgan fingerprint density at radius 3 is 2.57 bits per heavy atom. The number of aliphatic carboxylic acids is 1. The fourth-order valence-electron chi connectivity index (χ4n) is 1.54. The van der Waals surface area contributed by atoms with Gasteiger partial charge in [0.05, 0.1) is 0 Å². The summed E-state index contributed by atoms with van der Waals surface area (Å²) in [6.45, 7) is 1.84. The highest BCUT2D eigenvalue weighted by Crippen LogP contribution is 2.06. The number of carboxylic acids is 1. The van der Waals surface area contributed by atoms with Crippen LogP contribution in [-0.2, 0) is 14.3 Å². The largest absolute Gasteiger partial charge is 0.478 e. The standard InChI is InChI=1S/C17H18O4/c1-2-3-9-15(11-12-16(18)19)21-17(20)13-10-14-7-5-4-6-8-14/h2-8,10-13,15H,9H2,1H3,(H,18,19). The molecule has 1 atom stereocenters. The Labute approximate surface area is 124 Å². The molecule has 110 valence electrons. The van der Waals surface area contributed by atoms with Crippen LogP contribution in [0, 0.1) is 0 Å². The first-order chi connectivity index (χ1) is 10.1. The van der Waals surface area contributed by atoms with Gasteiger partial charge in [-0.1, -0.05) is 42.5 Å².